The number of aromatic nitrogens is 4. The van der Waals surface area contributed by atoms with E-state index in [9.17, 15) is 4.79 Å². The normalized spacial score (nSPS) is 16.9. The third kappa shape index (κ3) is 5.25. The van der Waals surface area contributed by atoms with Crippen molar-refractivity contribution in [3.05, 3.63) is 10.5 Å². The molecule has 8 nitrogen and oxygen atoms in total. The number of imidazole rings is 1. The topological polar surface area (TPSA) is 102 Å². The van der Waals surface area contributed by atoms with Gasteiger partial charge >= 0.3 is 11.7 Å². The molecule has 8 heteroatoms. The van der Waals surface area contributed by atoms with Crippen molar-refractivity contribution in [1.29, 1.82) is 0 Å². The summed E-state index contributed by atoms with van der Waals surface area (Å²) in [6.45, 7) is 8.21. The Bertz CT molecular complexity index is 807. The quantitative estimate of drug-likeness (QED) is 0.638. The van der Waals surface area contributed by atoms with Crippen molar-refractivity contribution in [2.75, 3.05) is 25.4 Å². The van der Waals surface area contributed by atoms with Crippen LogP contribution in [0.2, 0.25) is 0 Å². The highest BCUT2D eigenvalue weighted by Crippen LogP contribution is 2.19. The molecule has 2 aromatic rings. The number of nitrogens with one attached hydrogen (secondary N) is 1. The zero-order chi connectivity index (χ0) is 19.9. The van der Waals surface area contributed by atoms with Crippen molar-refractivity contribution < 1.29 is 4.74 Å². The zero-order valence-corrected chi connectivity index (χ0v) is 17.2. The maximum absolute atomic E-state index is 12.4. The van der Waals surface area contributed by atoms with Crippen LogP contribution in [-0.4, -0.2) is 50.2 Å². The lowest BCUT2D eigenvalue weighted by Gasteiger charge is -2.19. The lowest BCUT2D eigenvalue weighted by Crippen LogP contribution is -2.26. The molecule has 3 heterocycles. The molecule has 0 amide bonds. The van der Waals surface area contributed by atoms with Gasteiger partial charge in [-0.15, -0.1) is 0 Å². The molecule has 1 aliphatic rings. The number of aromatic amines is 1. The summed E-state index contributed by atoms with van der Waals surface area (Å²) in [4.78, 5) is 26.4. The predicted molar refractivity (Wildman–Crippen MR) is 112 cm³/mol. The van der Waals surface area contributed by atoms with Gasteiger partial charge in [0.15, 0.2) is 11.5 Å². The summed E-state index contributed by atoms with van der Waals surface area (Å²) >= 11 is 0. The summed E-state index contributed by atoms with van der Waals surface area (Å²) in [5.41, 5.74) is 6.87. The first-order valence-corrected chi connectivity index (χ1v) is 10.7. The first-order valence-electron chi connectivity index (χ1n) is 10.7. The van der Waals surface area contributed by atoms with Crippen molar-refractivity contribution in [3.63, 3.8) is 0 Å². The molecular weight excluding hydrogens is 356 g/mol. The first-order chi connectivity index (χ1) is 13.6. The van der Waals surface area contributed by atoms with Gasteiger partial charge in [-0.05, 0) is 58.7 Å². The Kier molecular flexibility index (Phi) is 7.30. The smallest absolute Gasteiger partial charge is 0.327 e. The zero-order valence-electron chi connectivity index (χ0n) is 17.2. The molecular formula is C20H34N6O2. The first kappa shape index (κ1) is 20.6. The van der Waals surface area contributed by atoms with Crippen LogP contribution in [0.5, 0.6) is 6.01 Å². The number of fused-ring (bicyclic) bond motifs is 1. The van der Waals surface area contributed by atoms with Crippen molar-refractivity contribution in [1.82, 2.24) is 24.4 Å². The third-order valence-corrected chi connectivity index (χ3v) is 5.44. The number of hydrogen-bond acceptors (Lipinski definition) is 6. The summed E-state index contributed by atoms with van der Waals surface area (Å²) in [5.74, 6) is 0.254. The van der Waals surface area contributed by atoms with Crippen LogP contribution < -0.4 is 16.2 Å². The van der Waals surface area contributed by atoms with Crippen LogP contribution in [0.15, 0.2) is 4.79 Å². The molecule has 1 aliphatic heterocycles. The number of nitrogen functional groups attached to an aromatic ring is 1. The number of ether oxygens (including phenoxy) is 1. The standard InChI is InChI=1S/C20H34N6O2/c1-3-10-15(2)28-19-23-17(21)16-18(24-19)26(20(27)22-16)14-9-8-13-25-11-6-4-5-7-12-25/h15H,3-14H2,1-2H3,(H,22,27)(H2,21,23,24)/t15-/m0/s1. The molecule has 3 rings (SSSR count). The van der Waals surface area contributed by atoms with E-state index in [1.807, 2.05) is 6.92 Å². The van der Waals surface area contributed by atoms with Gasteiger partial charge < -0.3 is 20.4 Å². The summed E-state index contributed by atoms with van der Waals surface area (Å²) in [6.07, 6.45) is 9.24. The summed E-state index contributed by atoms with van der Waals surface area (Å²) in [5, 5.41) is 0. The number of rotatable bonds is 9. The summed E-state index contributed by atoms with van der Waals surface area (Å²) in [7, 11) is 0. The Labute approximate surface area is 166 Å². The molecule has 0 bridgehead atoms. The number of likely N-dealkylation sites (tertiary alicyclic amines) is 1. The Balaban J connectivity index is 1.65. The molecule has 1 atom stereocenters. The molecule has 0 unspecified atom stereocenters. The number of anilines is 1. The minimum atomic E-state index is -0.190. The molecule has 1 fully saturated rings. The van der Waals surface area contributed by atoms with Gasteiger partial charge in [0.05, 0.1) is 6.10 Å². The number of aryl methyl sites for hydroxylation is 1. The van der Waals surface area contributed by atoms with Gasteiger partial charge in [-0.3, -0.25) is 4.57 Å². The number of hydrogen-bond donors (Lipinski definition) is 2. The highest BCUT2D eigenvalue weighted by molar-refractivity contribution is 5.81. The Hall–Kier alpha value is -2.09. The van der Waals surface area contributed by atoms with Crippen molar-refractivity contribution in [2.45, 2.75) is 77.9 Å². The average molecular weight is 391 g/mol. The molecule has 1 saturated heterocycles. The van der Waals surface area contributed by atoms with Gasteiger partial charge in [0.25, 0.3) is 0 Å². The summed E-state index contributed by atoms with van der Waals surface area (Å²) in [6, 6.07) is 0.239. The van der Waals surface area contributed by atoms with E-state index in [2.05, 4.69) is 26.8 Å². The van der Waals surface area contributed by atoms with E-state index in [1.165, 1.54) is 38.8 Å². The minimum absolute atomic E-state index is 0.00888. The van der Waals surface area contributed by atoms with Crippen LogP contribution in [-0.2, 0) is 6.54 Å². The predicted octanol–water partition coefficient (Wildman–Crippen LogP) is 2.93. The SMILES string of the molecule is CCC[C@H](C)Oc1nc(N)c2[nH]c(=O)n(CCCCN3CCCCCC3)c2n1. The van der Waals surface area contributed by atoms with Crippen LogP contribution >= 0.6 is 0 Å². The monoisotopic (exact) mass is 390 g/mol. The van der Waals surface area contributed by atoms with Gasteiger partial charge in [-0.25, -0.2) is 4.79 Å². The molecule has 0 aliphatic carbocycles. The second-order valence-electron chi connectivity index (χ2n) is 7.85. The van der Waals surface area contributed by atoms with E-state index in [0.717, 1.165) is 32.2 Å². The second kappa shape index (κ2) is 9.91. The second-order valence-corrected chi connectivity index (χ2v) is 7.85. The van der Waals surface area contributed by atoms with Gasteiger partial charge in [-0.2, -0.15) is 9.97 Å². The molecule has 156 valence electrons. The van der Waals surface area contributed by atoms with Crippen LogP contribution in [0.3, 0.4) is 0 Å². The lowest BCUT2D eigenvalue weighted by atomic mass is 10.2. The van der Waals surface area contributed by atoms with Crippen LogP contribution in [0, 0.1) is 0 Å². The van der Waals surface area contributed by atoms with E-state index >= 15 is 0 Å². The van der Waals surface area contributed by atoms with E-state index in [1.54, 1.807) is 4.57 Å². The minimum Gasteiger partial charge on any atom is -0.460 e. The van der Waals surface area contributed by atoms with E-state index < -0.39 is 0 Å². The third-order valence-electron chi connectivity index (χ3n) is 5.44. The number of nitrogens with zero attached hydrogens (tertiary/aromatic N) is 4. The van der Waals surface area contributed by atoms with E-state index in [-0.39, 0.29) is 23.6 Å². The Morgan fingerprint density at radius 2 is 1.86 bits per heavy atom. The molecule has 0 saturated carbocycles. The van der Waals surface area contributed by atoms with E-state index in [0.29, 0.717) is 17.7 Å². The fourth-order valence-electron chi connectivity index (χ4n) is 3.90. The molecule has 0 aromatic carbocycles. The largest absolute Gasteiger partial charge is 0.460 e. The summed E-state index contributed by atoms with van der Waals surface area (Å²) < 4.78 is 7.45. The molecule has 28 heavy (non-hydrogen) atoms. The van der Waals surface area contributed by atoms with E-state index in [4.69, 9.17) is 10.5 Å². The van der Waals surface area contributed by atoms with Gasteiger partial charge in [-0.1, -0.05) is 26.2 Å². The molecule has 0 spiro atoms. The fourth-order valence-corrected chi connectivity index (χ4v) is 3.90. The molecule has 3 N–H and O–H groups in total. The lowest BCUT2D eigenvalue weighted by molar-refractivity contribution is 0.193. The fraction of sp³-hybridized carbons (Fsp3) is 0.750. The molecule has 0 radical (unpaired) electrons. The highest BCUT2D eigenvalue weighted by atomic mass is 16.5. The van der Waals surface area contributed by atoms with Crippen molar-refractivity contribution in [2.24, 2.45) is 0 Å². The maximum atomic E-state index is 12.4. The van der Waals surface area contributed by atoms with Gasteiger partial charge in [0, 0.05) is 6.54 Å². The van der Waals surface area contributed by atoms with Crippen LogP contribution in [0.1, 0.15) is 65.2 Å². The number of unbranched alkanes of at least 4 members (excludes halogenated alkanes) is 1. The highest BCUT2D eigenvalue weighted by Gasteiger charge is 2.16. The Morgan fingerprint density at radius 3 is 2.57 bits per heavy atom. The average Bonchev–Trinajstić information content (AvgIpc) is 2.83. The maximum Gasteiger partial charge on any atom is 0.327 e. The Morgan fingerprint density at radius 1 is 1.14 bits per heavy atom. The van der Waals surface area contributed by atoms with Crippen LogP contribution in [0.4, 0.5) is 5.82 Å². The van der Waals surface area contributed by atoms with Gasteiger partial charge in [0.1, 0.15) is 5.52 Å². The number of nitrogens with two attached hydrogens (primary N) is 1. The number of H-pyrrole nitrogens is 1. The van der Waals surface area contributed by atoms with Crippen molar-refractivity contribution >= 4 is 17.0 Å². The van der Waals surface area contributed by atoms with Crippen molar-refractivity contribution in [3.8, 4) is 6.01 Å². The molecule has 2 aromatic heterocycles. The van der Waals surface area contributed by atoms with Gasteiger partial charge in [0.2, 0.25) is 0 Å². The van der Waals surface area contributed by atoms with Crippen LogP contribution in [0.25, 0.3) is 11.2 Å².